The number of fused-ring (bicyclic) bond motifs is 9. The molecule has 0 fully saturated rings. The molecular formula is C63H68BN3S. The second-order valence-corrected chi connectivity index (χ2v) is 25.6. The number of aryl methyl sites for hydroxylation is 1. The summed E-state index contributed by atoms with van der Waals surface area (Å²) < 4.78 is 4.07. The number of hydrogen-bond donors (Lipinski definition) is 0. The van der Waals surface area contributed by atoms with E-state index in [1.54, 1.807) is 11.1 Å². The molecule has 0 radical (unpaired) electrons. The van der Waals surface area contributed by atoms with Crippen molar-refractivity contribution in [3.8, 4) is 5.69 Å². The van der Waals surface area contributed by atoms with Crippen molar-refractivity contribution < 1.29 is 0 Å². The molecule has 2 aliphatic heterocycles. The number of anilines is 4. The van der Waals surface area contributed by atoms with E-state index < -0.39 is 0 Å². The highest BCUT2D eigenvalue weighted by molar-refractivity contribution is 7.26. The first-order chi connectivity index (χ1) is 32.2. The third-order valence-corrected chi connectivity index (χ3v) is 18.1. The predicted octanol–water partition coefficient (Wildman–Crippen LogP) is 16.0. The molecule has 0 saturated carbocycles. The second-order valence-electron chi connectivity index (χ2n) is 24.5. The molecule has 1 unspecified atom stereocenters. The normalized spacial score (nSPS) is 19.5. The Labute approximate surface area is 410 Å². The molecule has 0 amide bonds. The van der Waals surface area contributed by atoms with E-state index in [2.05, 4.69) is 214 Å². The fourth-order valence-corrected chi connectivity index (χ4v) is 14.1. The van der Waals surface area contributed by atoms with Crippen LogP contribution in [0.2, 0.25) is 0 Å². The summed E-state index contributed by atoms with van der Waals surface area (Å²) in [5, 5.41) is 4.15. The minimum absolute atomic E-state index is 0.0426. The molecule has 5 aliphatic rings. The molecule has 344 valence electrons. The fraction of sp³-hybridized carbons (Fsp3) is 0.365. The summed E-state index contributed by atoms with van der Waals surface area (Å²) in [6.07, 6.45) is 13.2. The molecule has 5 heteroatoms. The second kappa shape index (κ2) is 14.8. The van der Waals surface area contributed by atoms with Gasteiger partial charge < -0.3 is 14.4 Å². The van der Waals surface area contributed by atoms with Crippen LogP contribution >= 0.6 is 11.3 Å². The molecule has 2 aromatic heterocycles. The van der Waals surface area contributed by atoms with Gasteiger partial charge in [-0.05, 0) is 160 Å². The van der Waals surface area contributed by atoms with Crippen molar-refractivity contribution in [3.63, 3.8) is 0 Å². The van der Waals surface area contributed by atoms with Gasteiger partial charge in [-0.25, -0.2) is 0 Å². The number of para-hydroxylation sites is 1. The number of thiophene rings is 1. The van der Waals surface area contributed by atoms with Gasteiger partial charge >= 0.3 is 0 Å². The monoisotopic (exact) mass is 910 g/mol. The van der Waals surface area contributed by atoms with E-state index in [1.165, 1.54) is 123 Å². The van der Waals surface area contributed by atoms with Gasteiger partial charge in [-0.2, -0.15) is 0 Å². The molecule has 12 rings (SSSR count). The number of benzene rings is 5. The maximum atomic E-state index is 2.80. The third-order valence-electron chi connectivity index (χ3n) is 17.0. The van der Waals surface area contributed by atoms with E-state index in [-0.39, 0.29) is 28.4 Å². The first-order valence-electron chi connectivity index (χ1n) is 25.5. The molecule has 7 aromatic rings. The summed E-state index contributed by atoms with van der Waals surface area (Å²) in [6.45, 7) is 31.6. The van der Waals surface area contributed by atoms with Crippen LogP contribution in [0.3, 0.4) is 0 Å². The first kappa shape index (κ1) is 43.7. The molecule has 68 heavy (non-hydrogen) atoms. The van der Waals surface area contributed by atoms with Gasteiger partial charge in [0.1, 0.15) is 4.83 Å². The van der Waals surface area contributed by atoms with Crippen LogP contribution in [0.1, 0.15) is 132 Å². The first-order valence-corrected chi connectivity index (χ1v) is 26.4. The molecule has 0 saturated heterocycles. The van der Waals surface area contributed by atoms with Crippen molar-refractivity contribution in [2.45, 2.75) is 133 Å². The molecule has 0 bridgehead atoms. The average molecular weight is 910 g/mol. The summed E-state index contributed by atoms with van der Waals surface area (Å²) in [4.78, 5) is 6.73. The topological polar surface area (TPSA) is 11.4 Å². The van der Waals surface area contributed by atoms with E-state index in [0.29, 0.717) is 5.92 Å². The van der Waals surface area contributed by atoms with Crippen LogP contribution in [0.15, 0.2) is 137 Å². The van der Waals surface area contributed by atoms with Gasteiger partial charge in [0.25, 0.3) is 6.71 Å². The lowest BCUT2D eigenvalue weighted by Crippen LogP contribution is -2.61. The third kappa shape index (κ3) is 6.36. The number of rotatable bonds is 4. The SMILES string of the molecule is CC1=CCCC=C1N(c1ccc2c(c1)N(C1=CC3=C(CC1C)C(C)(C)CCC3(C)C)c1cc(C(C)(C)C)cc3c1B2c1cc(C(C)(C)C)cc2c4c5ccccc5sc4n-3c12)c1ccccc1C. The Bertz CT molecular complexity index is 3450. The molecule has 4 heterocycles. The van der Waals surface area contributed by atoms with Gasteiger partial charge in [-0.15, -0.1) is 11.3 Å². The molecule has 3 nitrogen and oxygen atoms in total. The lowest BCUT2D eigenvalue weighted by molar-refractivity contribution is 0.251. The number of hydrogen-bond acceptors (Lipinski definition) is 3. The smallest absolute Gasteiger partial charge is 0.252 e. The van der Waals surface area contributed by atoms with Crippen LogP contribution in [0, 0.1) is 23.7 Å². The van der Waals surface area contributed by atoms with Crippen LogP contribution in [0.4, 0.5) is 22.7 Å². The van der Waals surface area contributed by atoms with Crippen molar-refractivity contribution in [2.75, 3.05) is 9.80 Å². The average Bonchev–Trinajstić information content (AvgIpc) is 3.82. The summed E-state index contributed by atoms with van der Waals surface area (Å²) in [7, 11) is 0. The Morgan fingerprint density at radius 2 is 1.40 bits per heavy atom. The number of nitrogens with zero attached hydrogens (tertiary/aromatic N) is 3. The van der Waals surface area contributed by atoms with Crippen molar-refractivity contribution in [1.29, 1.82) is 0 Å². The van der Waals surface area contributed by atoms with Gasteiger partial charge in [0.05, 0.1) is 5.52 Å². The van der Waals surface area contributed by atoms with E-state index in [4.69, 9.17) is 0 Å². The van der Waals surface area contributed by atoms with E-state index in [1.807, 2.05) is 11.3 Å². The van der Waals surface area contributed by atoms with Crippen LogP contribution in [-0.4, -0.2) is 11.3 Å². The van der Waals surface area contributed by atoms with E-state index >= 15 is 0 Å². The lowest BCUT2D eigenvalue weighted by Gasteiger charge is -2.49. The zero-order valence-corrected chi connectivity index (χ0v) is 43.6. The van der Waals surface area contributed by atoms with Gasteiger partial charge in [0.15, 0.2) is 0 Å². The van der Waals surface area contributed by atoms with Gasteiger partial charge in [-0.3, -0.25) is 0 Å². The largest absolute Gasteiger partial charge is 0.315 e. The highest BCUT2D eigenvalue weighted by atomic mass is 32.1. The molecule has 5 aromatic carbocycles. The van der Waals surface area contributed by atoms with Gasteiger partial charge in [-0.1, -0.05) is 142 Å². The van der Waals surface area contributed by atoms with Gasteiger partial charge in [0.2, 0.25) is 0 Å². The molecule has 0 N–H and O–H groups in total. The van der Waals surface area contributed by atoms with Crippen LogP contribution < -0.4 is 26.2 Å². The molecule has 0 spiro atoms. The van der Waals surface area contributed by atoms with Crippen molar-refractivity contribution >= 4 is 88.4 Å². The Morgan fingerprint density at radius 1 is 0.706 bits per heavy atom. The fourth-order valence-electron chi connectivity index (χ4n) is 12.9. The zero-order valence-electron chi connectivity index (χ0n) is 42.8. The molecule has 1 atom stereocenters. The minimum atomic E-state index is -0.0899. The van der Waals surface area contributed by atoms with E-state index in [0.717, 1.165) is 19.3 Å². The highest BCUT2D eigenvalue weighted by Crippen LogP contribution is 2.56. The summed E-state index contributed by atoms with van der Waals surface area (Å²) in [6, 6.07) is 36.1. The number of aromatic nitrogens is 1. The van der Waals surface area contributed by atoms with Crippen molar-refractivity contribution in [2.24, 2.45) is 16.7 Å². The molecule has 3 aliphatic carbocycles. The van der Waals surface area contributed by atoms with Gasteiger partial charge in [0, 0.05) is 66.6 Å². The summed E-state index contributed by atoms with van der Waals surface area (Å²) in [5.41, 5.74) is 23.6. The number of allylic oxidation sites excluding steroid dienone is 7. The molecular weight excluding hydrogens is 842 g/mol. The minimum Gasteiger partial charge on any atom is -0.315 e. The quantitative estimate of drug-likeness (QED) is 0.163. The standard InChI is InChI=1S/C63H68BN3S/c1-37-20-14-17-23-49(37)65(50-24-18-15-21-38(50)2)42-26-27-47-52(35-42)66(51-36-46-45(30-39(51)3)62(10,11)28-29-63(46,12)13)53-33-41(61(7,8)9)34-54-57(53)64(47)48-32-40(60(4,5)6)31-44-56-43-22-16-19-25-55(43)68-59(56)67(54)58(44)48/h14,16-17,19-27,31-36,39H,15,18,28-30H2,1-13H3. The van der Waals surface area contributed by atoms with Crippen molar-refractivity contribution in [1.82, 2.24) is 4.57 Å². The Balaban J connectivity index is 1.24. The van der Waals surface area contributed by atoms with E-state index in [9.17, 15) is 0 Å². The predicted molar refractivity (Wildman–Crippen MR) is 297 cm³/mol. The van der Waals surface area contributed by atoms with Crippen LogP contribution in [-0.2, 0) is 10.8 Å². The maximum absolute atomic E-state index is 2.80. The Morgan fingerprint density at radius 3 is 2.15 bits per heavy atom. The van der Waals surface area contributed by atoms with Crippen LogP contribution in [0.5, 0.6) is 0 Å². The highest BCUT2D eigenvalue weighted by Gasteiger charge is 2.47. The van der Waals surface area contributed by atoms with Crippen LogP contribution in [0.25, 0.3) is 36.9 Å². The Hall–Kier alpha value is -5.52. The Kier molecular flexibility index (Phi) is 9.49. The maximum Gasteiger partial charge on any atom is 0.252 e. The lowest BCUT2D eigenvalue weighted by atomic mass is 9.33. The zero-order chi connectivity index (χ0) is 47.6. The van der Waals surface area contributed by atoms with Crippen molar-refractivity contribution in [3.05, 3.63) is 154 Å². The summed E-state index contributed by atoms with van der Waals surface area (Å²) >= 11 is 1.97. The summed E-state index contributed by atoms with van der Waals surface area (Å²) in [5.74, 6) is 0.318.